The van der Waals surface area contributed by atoms with Crippen LogP contribution in [0, 0.1) is 23.7 Å². The van der Waals surface area contributed by atoms with Crippen LogP contribution in [0.2, 0.25) is 0 Å². The van der Waals surface area contributed by atoms with Crippen molar-refractivity contribution >= 4 is 16.7 Å². The molecule has 4 fully saturated rings. The third kappa shape index (κ3) is 2.96. The summed E-state index contributed by atoms with van der Waals surface area (Å²) in [6, 6.07) is 7.66. The lowest BCUT2D eigenvalue weighted by Gasteiger charge is -2.54. The Kier molecular flexibility index (Phi) is 4.48. The number of nitrogens with zero attached hydrogens (tertiary/aromatic N) is 2. The lowest BCUT2D eigenvalue weighted by Crippen LogP contribution is -2.56. The molecule has 2 aromatic rings. The maximum atomic E-state index is 13.3. The summed E-state index contributed by atoms with van der Waals surface area (Å²) in [4.78, 5) is 26.1. The van der Waals surface area contributed by atoms with E-state index in [2.05, 4.69) is 17.3 Å². The van der Waals surface area contributed by atoms with Crippen LogP contribution in [0.4, 0.5) is 0 Å². The lowest BCUT2D eigenvalue weighted by molar-refractivity contribution is -0.0120. The highest BCUT2D eigenvalue weighted by molar-refractivity contribution is 6.04. The van der Waals surface area contributed by atoms with E-state index in [0.717, 1.165) is 24.7 Å². The summed E-state index contributed by atoms with van der Waals surface area (Å²) in [5.74, 6) is 2.89. The fraction of sp³-hybridized carbons (Fsp3) is 0.609. The number of aryl methyl sites for hydroxylation is 1. The molecule has 1 aromatic heterocycles. The van der Waals surface area contributed by atoms with Crippen LogP contribution in [0.3, 0.4) is 0 Å². The molecule has 0 spiro atoms. The molecule has 5 nitrogen and oxygen atoms in total. The summed E-state index contributed by atoms with van der Waals surface area (Å²) in [6.45, 7) is 2.64. The summed E-state index contributed by atoms with van der Waals surface area (Å²) in [7, 11) is 0. The van der Waals surface area contributed by atoms with E-state index in [1.54, 1.807) is 6.07 Å². The summed E-state index contributed by atoms with van der Waals surface area (Å²) < 4.78 is 1.48. The van der Waals surface area contributed by atoms with Crippen LogP contribution >= 0.6 is 0 Å². The third-order valence-electron chi connectivity index (χ3n) is 7.33. The Morgan fingerprint density at radius 2 is 1.71 bits per heavy atom. The van der Waals surface area contributed by atoms with Crippen LogP contribution in [0.1, 0.15) is 62.4 Å². The topological polar surface area (TPSA) is 64.0 Å². The zero-order valence-electron chi connectivity index (χ0n) is 16.6. The molecule has 1 N–H and O–H groups in total. The van der Waals surface area contributed by atoms with Gasteiger partial charge in [0.25, 0.3) is 11.5 Å². The van der Waals surface area contributed by atoms with Crippen LogP contribution in [-0.4, -0.2) is 21.7 Å². The third-order valence-corrected chi connectivity index (χ3v) is 7.33. The summed E-state index contributed by atoms with van der Waals surface area (Å²) >= 11 is 0. The van der Waals surface area contributed by atoms with Crippen molar-refractivity contribution < 1.29 is 4.79 Å². The van der Waals surface area contributed by atoms with Gasteiger partial charge >= 0.3 is 0 Å². The smallest absolute Gasteiger partial charge is 0.274 e. The number of fused-ring (bicyclic) bond motifs is 1. The van der Waals surface area contributed by atoms with E-state index in [-0.39, 0.29) is 17.5 Å². The number of amides is 1. The Morgan fingerprint density at radius 1 is 1.07 bits per heavy atom. The maximum Gasteiger partial charge on any atom is 0.274 e. The van der Waals surface area contributed by atoms with Gasteiger partial charge in [-0.15, -0.1) is 0 Å². The van der Waals surface area contributed by atoms with Crippen LogP contribution in [0.25, 0.3) is 10.8 Å². The minimum atomic E-state index is -0.112. The Labute approximate surface area is 165 Å². The SMILES string of the molecule is CCCCn1nc(C(=O)NC2C3CC4CC(C3)CC2C4)c2ccccc2c1=O. The second-order valence-electron chi connectivity index (χ2n) is 9.21. The highest BCUT2D eigenvalue weighted by Gasteiger charge is 2.48. The number of aromatic nitrogens is 2. The number of carbonyl (C=O) groups is 1. The molecule has 4 bridgehead atoms. The first-order chi connectivity index (χ1) is 13.6. The molecular weight excluding hydrogens is 350 g/mol. The number of hydrogen-bond acceptors (Lipinski definition) is 3. The number of unbranched alkanes of at least 4 members (excludes halogenated alkanes) is 1. The molecule has 4 aliphatic carbocycles. The van der Waals surface area contributed by atoms with Crippen molar-refractivity contribution in [2.24, 2.45) is 23.7 Å². The Hall–Kier alpha value is -2.17. The molecular formula is C23H29N3O2. The fourth-order valence-corrected chi connectivity index (χ4v) is 6.24. The molecule has 0 radical (unpaired) electrons. The quantitative estimate of drug-likeness (QED) is 0.860. The molecule has 4 saturated carbocycles. The van der Waals surface area contributed by atoms with Crippen molar-refractivity contribution in [2.75, 3.05) is 0 Å². The van der Waals surface area contributed by atoms with Gasteiger partial charge in [0.05, 0.1) is 5.39 Å². The first-order valence-corrected chi connectivity index (χ1v) is 10.9. The second kappa shape index (κ2) is 7.02. The molecule has 5 heteroatoms. The fourth-order valence-electron chi connectivity index (χ4n) is 6.24. The van der Waals surface area contributed by atoms with Crippen LogP contribution < -0.4 is 10.9 Å². The van der Waals surface area contributed by atoms with Crippen molar-refractivity contribution in [3.8, 4) is 0 Å². The summed E-state index contributed by atoms with van der Waals surface area (Å²) in [5, 5.41) is 9.12. The minimum Gasteiger partial charge on any atom is -0.347 e. The maximum absolute atomic E-state index is 13.3. The van der Waals surface area contributed by atoms with Gasteiger partial charge in [0, 0.05) is 18.0 Å². The predicted octanol–water partition coefficient (Wildman–Crippen LogP) is 3.75. The first-order valence-electron chi connectivity index (χ1n) is 10.9. The molecule has 1 heterocycles. The van der Waals surface area contributed by atoms with Crippen molar-refractivity contribution in [3.05, 3.63) is 40.3 Å². The van der Waals surface area contributed by atoms with E-state index < -0.39 is 0 Å². The lowest BCUT2D eigenvalue weighted by atomic mass is 9.54. The van der Waals surface area contributed by atoms with E-state index in [1.807, 2.05) is 18.2 Å². The average Bonchev–Trinajstić information content (AvgIpc) is 2.69. The van der Waals surface area contributed by atoms with Gasteiger partial charge in [-0.3, -0.25) is 9.59 Å². The standard InChI is InChI=1S/C23H29N3O2/c1-2-3-8-26-23(28)19-7-5-4-6-18(19)21(25-26)22(27)24-20-16-10-14-9-15(12-16)13-17(20)11-14/h4-7,14-17,20H,2-3,8-13H2,1H3,(H,24,27). The van der Waals surface area contributed by atoms with Gasteiger partial charge < -0.3 is 5.32 Å². The highest BCUT2D eigenvalue weighted by Crippen LogP contribution is 2.53. The molecule has 148 valence electrons. The van der Waals surface area contributed by atoms with Crippen LogP contribution in [-0.2, 0) is 6.54 Å². The molecule has 0 saturated heterocycles. The van der Waals surface area contributed by atoms with Gasteiger partial charge in [0.1, 0.15) is 0 Å². The van der Waals surface area contributed by atoms with Gasteiger partial charge in [-0.2, -0.15) is 5.10 Å². The average molecular weight is 380 g/mol. The highest BCUT2D eigenvalue weighted by atomic mass is 16.2. The molecule has 0 unspecified atom stereocenters. The Balaban J connectivity index is 1.47. The van der Waals surface area contributed by atoms with E-state index in [0.29, 0.717) is 34.8 Å². The van der Waals surface area contributed by atoms with E-state index >= 15 is 0 Å². The zero-order chi connectivity index (χ0) is 19.3. The van der Waals surface area contributed by atoms with Crippen molar-refractivity contribution in [3.63, 3.8) is 0 Å². The molecule has 0 aliphatic heterocycles. The van der Waals surface area contributed by atoms with Gasteiger partial charge in [-0.1, -0.05) is 31.5 Å². The summed E-state index contributed by atoms with van der Waals surface area (Å²) in [5.41, 5.74) is 0.301. The predicted molar refractivity (Wildman–Crippen MR) is 109 cm³/mol. The number of rotatable bonds is 5. The second-order valence-corrected chi connectivity index (χ2v) is 9.21. The van der Waals surface area contributed by atoms with Crippen molar-refractivity contribution in [1.29, 1.82) is 0 Å². The largest absolute Gasteiger partial charge is 0.347 e. The Bertz CT molecular complexity index is 936. The van der Waals surface area contributed by atoms with Gasteiger partial charge in [0.2, 0.25) is 0 Å². The monoisotopic (exact) mass is 379 g/mol. The molecule has 6 rings (SSSR count). The Morgan fingerprint density at radius 3 is 2.36 bits per heavy atom. The molecule has 0 atom stereocenters. The van der Waals surface area contributed by atoms with Crippen molar-refractivity contribution in [1.82, 2.24) is 15.1 Å². The van der Waals surface area contributed by atoms with Gasteiger partial charge in [0.15, 0.2) is 5.69 Å². The number of hydrogen-bond donors (Lipinski definition) is 1. The minimum absolute atomic E-state index is 0.102. The van der Waals surface area contributed by atoms with E-state index in [9.17, 15) is 9.59 Å². The van der Waals surface area contributed by atoms with Crippen molar-refractivity contribution in [2.45, 2.75) is 64.5 Å². The number of nitrogens with one attached hydrogen (secondary N) is 1. The first kappa shape index (κ1) is 17.9. The normalized spacial score (nSPS) is 30.7. The number of carbonyl (C=O) groups excluding carboxylic acids is 1. The molecule has 1 aromatic carbocycles. The number of benzene rings is 1. The zero-order valence-corrected chi connectivity index (χ0v) is 16.6. The molecule has 4 aliphatic rings. The summed E-state index contributed by atoms with van der Waals surface area (Å²) in [6.07, 6.45) is 8.33. The molecule has 28 heavy (non-hydrogen) atoms. The van der Waals surface area contributed by atoms with E-state index in [1.165, 1.54) is 36.8 Å². The van der Waals surface area contributed by atoms with Gasteiger partial charge in [-0.05, 0) is 68.3 Å². The van der Waals surface area contributed by atoms with E-state index in [4.69, 9.17) is 0 Å². The van der Waals surface area contributed by atoms with Gasteiger partial charge in [-0.25, -0.2) is 4.68 Å². The molecule has 1 amide bonds. The van der Waals surface area contributed by atoms with Crippen LogP contribution in [0.5, 0.6) is 0 Å². The van der Waals surface area contributed by atoms with Crippen LogP contribution in [0.15, 0.2) is 29.1 Å².